The van der Waals surface area contributed by atoms with Crippen molar-refractivity contribution >= 4 is 34.5 Å². The summed E-state index contributed by atoms with van der Waals surface area (Å²) in [6.07, 6.45) is 1.55. The van der Waals surface area contributed by atoms with Crippen LogP contribution in [0.15, 0.2) is 54.0 Å². The SMILES string of the molecule is Cc1cccc(NC(=O)OCc2cccs2)c1CNc1cccn2c(C)c(C)nc12. The van der Waals surface area contributed by atoms with Gasteiger partial charge in [0, 0.05) is 29.0 Å². The summed E-state index contributed by atoms with van der Waals surface area (Å²) in [5.41, 5.74) is 6.81. The zero-order valence-corrected chi connectivity index (χ0v) is 18.0. The maximum atomic E-state index is 12.3. The summed E-state index contributed by atoms with van der Waals surface area (Å²) in [5.74, 6) is 0. The molecule has 6 nitrogen and oxygen atoms in total. The third-order valence-electron chi connectivity index (χ3n) is 5.15. The van der Waals surface area contributed by atoms with Gasteiger partial charge in [0.05, 0.1) is 11.4 Å². The molecule has 30 heavy (non-hydrogen) atoms. The minimum absolute atomic E-state index is 0.267. The van der Waals surface area contributed by atoms with Crippen molar-refractivity contribution in [3.63, 3.8) is 0 Å². The van der Waals surface area contributed by atoms with Gasteiger partial charge in [-0.1, -0.05) is 18.2 Å². The summed E-state index contributed by atoms with van der Waals surface area (Å²) in [6, 6.07) is 13.7. The lowest BCUT2D eigenvalue weighted by Crippen LogP contribution is -2.16. The van der Waals surface area contributed by atoms with Crippen LogP contribution in [-0.2, 0) is 17.9 Å². The van der Waals surface area contributed by atoms with Crippen LogP contribution in [0.25, 0.3) is 5.65 Å². The van der Waals surface area contributed by atoms with Crippen LogP contribution in [0.5, 0.6) is 0 Å². The number of nitrogens with one attached hydrogen (secondary N) is 2. The van der Waals surface area contributed by atoms with E-state index in [9.17, 15) is 4.79 Å². The molecular formula is C23H24N4O2S. The van der Waals surface area contributed by atoms with Crippen LogP contribution in [0.3, 0.4) is 0 Å². The first-order chi connectivity index (χ1) is 14.5. The van der Waals surface area contributed by atoms with Crippen LogP contribution in [0.1, 0.15) is 27.4 Å². The van der Waals surface area contributed by atoms with Gasteiger partial charge in [-0.2, -0.15) is 0 Å². The second-order valence-electron chi connectivity index (χ2n) is 7.13. The maximum Gasteiger partial charge on any atom is 0.411 e. The molecule has 0 fully saturated rings. The Morgan fingerprint density at radius 1 is 1.10 bits per heavy atom. The summed E-state index contributed by atoms with van der Waals surface area (Å²) in [7, 11) is 0. The van der Waals surface area contributed by atoms with Gasteiger partial charge in [-0.3, -0.25) is 5.32 Å². The van der Waals surface area contributed by atoms with E-state index in [1.54, 1.807) is 11.3 Å². The molecule has 7 heteroatoms. The van der Waals surface area contributed by atoms with E-state index in [4.69, 9.17) is 4.74 Å². The van der Waals surface area contributed by atoms with E-state index >= 15 is 0 Å². The standard InChI is InChI=1S/C23H24N4O2S/c1-15-7-4-9-20(26-23(28)29-14-18-8-6-12-30-18)19(15)13-24-21-10-5-11-27-17(3)16(2)25-22(21)27/h4-12,24H,13-14H2,1-3H3,(H,26,28). The van der Waals surface area contributed by atoms with E-state index < -0.39 is 6.09 Å². The Bertz CT molecular complexity index is 1180. The molecule has 1 aromatic carbocycles. The average molecular weight is 421 g/mol. The number of carbonyl (C=O) groups is 1. The number of aromatic nitrogens is 2. The minimum atomic E-state index is -0.461. The van der Waals surface area contributed by atoms with Crippen molar-refractivity contribution in [2.24, 2.45) is 0 Å². The second kappa shape index (κ2) is 8.59. The first kappa shape index (κ1) is 20.0. The van der Waals surface area contributed by atoms with Crippen molar-refractivity contribution in [3.8, 4) is 0 Å². The van der Waals surface area contributed by atoms with E-state index in [1.165, 1.54) is 0 Å². The van der Waals surface area contributed by atoms with Crippen LogP contribution in [0, 0.1) is 20.8 Å². The fraction of sp³-hybridized carbons (Fsp3) is 0.217. The number of carbonyl (C=O) groups excluding carboxylic acids is 1. The smallest absolute Gasteiger partial charge is 0.411 e. The minimum Gasteiger partial charge on any atom is -0.444 e. The van der Waals surface area contributed by atoms with Gasteiger partial charge >= 0.3 is 6.09 Å². The lowest BCUT2D eigenvalue weighted by atomic mass is 10.1. The summed E-state index contributed by atoms with van der Waals surface area (Å²) in [6.45, 7) is 6.92. The Hall–Kier alpha value is -3.32. The third kappa shape index (κ3) is 4.16. The maximum absolute atomic E-state index is 12.3. The Kier molecular flexibility index (Phi) is 5.72. The number of anilines is 2. The topological polar surface area (TPSA) is 67.7 Å². The van der Waals surface area contributed by atoms with Crippen molar-refractivity contribution in [2.45, 2.75) is 33.9 Å². The molecule has 4 aromatic rings. The highest BCUT2D eigenvalue weighted by Crippen LogP contribution is 2.24. The Morgan fingerprint density at radius 2 is 1.93 bits per heavy atom. The fourth-order valence-corrected chi connectivity index (χ4v) is 3.97. The Morgan fingerprint density at radius 3 is 2.73 bits per heavy atom. The van der Waals surface area contributed by atoms with Crippen LogP contribution in [0.4, 0.5) is 16.2 Å². The summed E-state index contributed by atoms with van der Waals surface area (Å²) < 4.78 is 7.43. The number of hydrogen-bond acceptors (Lipinski definition) is 5. The largest absolute Gasteiger partial charge is 0.444 e. The van der Waals surface area contributed by atoms with E-state index in [-0.39, 0.29) is 6.61 Å². The van der Waals surface area contributed by atoms with Gasteiger partial charge in [0.1, 0.15) is 6.61 Å². The molecule has 0 aliphatic rings. The van der Waals surface area contributed by atoms with Crippen molar-refractivity contribution in [2.75, 3.05) is 10.6 Å². The fourth-order valence-electron chi connectivity index (χ4n) is 3.35. The summed E-state index contributed by atoms with van der Waals surface area (Å²) >= 11 is 1.56. The lowest BCUT2D eigenvalue weighted by Gasteiger charge is -2.15. The number of imidazole rings is 1. The summed E-state index contributed by atoms with van der Waals surface area (Å²) in [5, 5.41) is 8.33. The number of ether oxygens (including phenoxy) is 1. The first-order valence-corrected chi connectivity index (χ1v) is 10.6. The number of rotatable bonds is 6. The number of fused-ring (bicyclic) bond motifs is 1. The molecule has 2 N–H and O–H groups in total. The summed E-state index contributed by atoms with van der Waals surface area (Å²) in [4.78, 5) is 18.0. The number of pyridine rings is 1. The molecule has 3 aromatic heterocycles. The Balaban J connectivity index is 1.49. The van der Waals surface area contributed by atoms with Gasteiger partial charge in [-0.25, -0.2) is 9.78 Å². The van der Waals surface area contributed by atoms with E-state index in [0.717, 1.165) is 44.4 Å². The quantitative estimate of drug-likeness (QED) is 0.421. The molecule has 1 amide bonds. The highest BCUT2D eigenvalue weighted by atomic mass is 32.1. The molecule has 0 saturated carbocycles. The number of nitrogens with zero attached hydrogens (tertiary/aromatic N) is 2. The van der Waals surface area contributed by atoms with Gasteiger partial charge in [0.15, 0.2) is 5.65 Å². The first-order valence-electron chi connectivity index (χ1n) is 9.75. The lowest BCUT2D eigenvalue weighted by molar-refractivity contribution is 0.156. The zero-order chi connectivity index (χ0) is 21.1. The normalized spacial score (nSPS) is 10.9. The van der Waals surface area contributed by atoms with Gasteiger partial charge in [-0.05, 0) is 61.5 Å². The molecule has 3 heterocycles. The molecule has 4 rings (SSSR count). The molecule has 0 atom stereocenters. The molecule has 0 radical (unpaired) electrons. The van der Waals surface area contributed by atoms with Gasteiger partial charge < -0.3 is 14.5 Å². The molecule has 0 unspecified atom stereocenters. The van der Waals surface area contributed by atoms with Gasteiger partial charge in [0.25, 0.3) is 0 Å². The Labute approximate surface area is 179 Å². The van der Waals surface area contributed by atoms with Crippen LogP contribution in [-0.4, -0.2) is 15.5 Å². The van der Waals surface area contributed by atoms with Gasteiger partial charge in [0.2, 0.25) is 0 Å². The number of benzene rings is 1. The third-order valence-corrected chi connectivity index (χ3v) is 6.00. The predicted octanol–water partition coefficient (Wildman–Crippen LogP) is 5.68. The average Bonchev–Trinajstić information content (AvgIpc) is 3.35. The molecule has 154 valence electrons. The number of thiophene rings is 1. The van der Waals surface area contributed by atoms with Crippen LogP contribution < -0.4 is 10.6 Å². The number of hydrogen-bond donors (Lipinski definition) is 2. The van der Waals surface area contributed by atoms with Crippen molar-refractivity contribution in [3.05, 3.63) is 81.4 Å². The van der Waals surface area contributed by atoms with E-state index in [0.29, 0.717) is 6.54 Å². The van der Waals surface area contributed by atoms with E-state index in [1.807, 2.05) is 67.9 Å². The monoisotopic (exact) mass is 420 g/mol. The molecule has 0 saturated heterocycles. The molecular weight excluding hydrogens is 396 g/mol. The molecule has 0 aliphatic heterocycles. The van der Waals surface area contributed by atoms with Crippen LogP contribution in [0.2, 0.25) is 0 Å². The number of amides is 1. The highest BCUT2D eigenvalue weighted by molar-refractivity contribution is 7.09. The van der Waals surface area contributed by atoms with Gasteiger partial charge in [-0.15, -0.1) is 11.3 Å². The van der Waals surface area contributed by atoms with Crippen molar-refractivity contribution < 1.29 is 9.53 Å². The molecule has 0 spiro atoms. The molecule has 0 aliphatic carbocycles. The predicted molar refractivity (Wildman–Crippen MR) is 121 cm³/mol. The van der Waals surface area contributed by atoms with Crippen LogP contribution >= 0.6 is 11.3 Å². The number of aryl methyl sites for hydroxylation is 3. The van der Waals surface area contributed by atoms with E-state index in [2.05, 4.69) is 26.9 Å². The highest BCUT2D eigenvalue weighted by Gasteiger charge is 2.12. The second-order valence-corrected chi connectivity index (χ2v) is 8.17. The van der Waals surface area contributed by atoms with Crippen molar-refractivity contribution in [1.29, 1.82) is 0 Å². The zero-order valence-electron chi connectivity index (χ0n) is 17.2. The molecule has 0 bridgehead atoms. The van der Waals surface area contributed by atoms with Crippen molar-refractivity contribution in [1.82, 2.24) is 9.38 Å².